The van der Waals surface area contributed by atoms with Crippen molar-refractivity contribution in [2.24, 2.45) is 0 Å². The Balaban J connectivity index is 2.03. The van der Waals surface area contributed by atoms with Gasteiger partial charge in [0.1, 0.15) is 0 Å². The molecule has 0 aromatic heterocycles. The number of nitrogens with zero attached hydrogens (tertiary/aromatic N) is 1. The zero-order chi connectivity index (χ0) is 11.8. The van der Waals surface area contributed by atoms with Gasteiger partial charge >= 0.3 is 0 Å². The van der Waals surface area contributed by atoms with Crippen LogP contribution in [0.25, 0.3) is 0 Å². The second kappa shape index (κ2) is 4.36. The Hall–Kier alpha value is -0.570. The summed E-state index contributed by atoms with van der Waals surface area (Å²) in [7, 11) is 0. The summed E-state index contributed by atoms with van der Waals surface area (Å²) in [6.45, 7) is 6.56. The summed E-state index contributed by atoms with van der Waals surface area (Å²) < 4.78 is 0. The Kier molecular flexibility index (Phi) is 3.24. The molecule has 0 radical (unpaired) electrons. The minimum Gasteiger partial charge on any atom is -0.323 e. The summed E-state index contributed by atoms with van der Waals surface area (Å²) in [5, 5.41) is 3.52. The Labute approximate surface area is 98.6 Å². The highest BCUT2D eigenvalue weighted by atomic mass is 16.2. The summed E-state index contributed by atoms with van der Waals surface area (Å²) in [6, 6.07) is 0.393. The molecular formula is C13H24N2O. The summed E-state index contributed by atoms with van der Waals surface area (Å²) in [5.74, 6) is 0.364. The molecule has 92 valence electrons. The molecule has 1 spiro atoms. The van der Waals surface area contributed by atoms with Crippen molar-refractivity contribution < 1.29 is 4.79 Å². The van der Waals surface area contributed by atoms with Crippen molar-refractivity contribution in [2.45, 2.75) is 77.0 Å². The van der Waals surface area contributed by atoms with Crippen LogP contribution in [-0.4, -0.2) is 28.6 Å². The van der Waals surface area contributed by atoms with Gasteiger partial charge in [-0.05, 0) is 32.6 Å². The van der Waals surface area contributed by atoms with Crippen molar-refractivity contribution in [1.82, 2.24) is 10.2 Å². The van der Waals surface area contributed by atoms with Crippen molar-refractivity contribution in [3.05, 3.63) is 0 Å². The number of unbranched alkanes of at least 4 members (excludes halogenated alkanes) is 1. The Morgan fingerprint density at radius 2 is 2.19 bits per heavy atom. The van der Waals surface area contributed by atoms with Crippen LogP contribution in [0, 0.1) is 0 Å². The van der Waals surface area contributed by atoms with Crippen LogP contribution in [0.15, 0.2) is 0 Å². The predicted molar refractivity (Wildman–Crippen MR) is 65.0 cm³/mol. The average Bonchev–Trinajstić information content (AvgIpc) is 2.99. The lowest BCUT2D eigenvalue weighted by atomic mass is 10.1. The molecule has 1 saturated carbocycles. The minimum absolute atomic E-state index is 0.138. The van der Waals surface area contributed by atoms with E-state index in [0.717, 1.165) is 25.7 Å². The lowest BCUT2D eigenvalue weighted by Crippen LogP contribution is -2.42. The highest BCUT2D eigenvalue weighted by Crippen LogP contribution is 2.43. The molecule has 0 bridgehead atoms. The van der Waals surface area contributed by atoms with Gasteiger partial charge in [0.2, 0.25) is 5.91 Å². The third kappa shape index (κ3) is 1.86. The van der Waals surface area contributed by atoms with Crippen molar-refractivity contribution in [1.29, 1.82) is 0 Å². The number of hydrogen-bond donors (Lipinski definition) is 1. The van der Waals surface area contributed by atoms with E-state index in [1.807, 2.05) is 0 Å². The van der Waals surface area contributed by atoms with Crippen LogP contribution >= 0.6 is 0 Å². The highest BCUT2D eigenvalue weighted by Gasteiger charge is 2.59. The molecule has 3 nitrogen and oxygen atoms in total. The molecule has 0 aromatic rings. The third-order valence-corrected chi connectivity index (χ3v) is 4.01. The topological polar surface area (TPSA) is 32.3 Å². The lowest BCUT2D eigenvalue weighted by molar-refractivity contribution is -0.132. The van der Waals surface area contributed by atoms with Crippen LogP contribution in [-0.2, 0) is 4.79 Å². The Morgan fingerprint density at radius 1 is 1.50 bits per heavy atom. The number of carbonyl (C=O) groups is 1. The fraction of sp³-hybridized carbons (Fsp3) is 0.923. The van der Waals surface area contributed by atoms with E-state index < -0.39 is 0 Å². The fourth-order valence-corrected chi connectivity index (χ4v) is 2.77. The van der Waals surface area contributed by atoms with Gasteiger partial charge in [0.25, 0.3) is 0 Å². The molecule has 2 aliphatic rings. The van der Waals surface area contributed by atoms with Gasteiger partial charge in [0.05, 0.1) is 11.7 Å². The zero-order valence-corrected chi connectivity index (χ0v) is 10.8. The van der Waals surface area contributed by atoms with E-state index in [9.17, 15) is 4.79 Å². The Bertz CT molecular complexity index is 273. The molecule has 2 unspecified atom stereocenters. The first-order chi connectivity index (χ1) is 7.64. The van der Waals surface area contributed by atoms with Crippen LogP contribution in [0.3, 0.4) is 0 Å². The van der Waals surface area contributed by atoms with Gasteiger partial charge in [-0.1, -0.05) is 26.7 Å². The average molecular weight is 224 g/mol. The molecule has 1 amide bonds. The van der Waals surface area contributed by atoms with Gasteiger partial charge in [-0.3, -0.25) is 10.1 Å². The van der Waals surface area contributed by atoms with E-state index in [1.54, 1.807) is 0 Å². The zero-order valence-electron chi connectivity index (χ0n) is 10.8. The maximum absolute atomic E-state index is 12.3. The number of rotatable bonds is 5. The molecule has 1 N–H and O–H groups in total. The van der Waals surface area contributed by atoms with Gasteiger partial charge < -0.3 is 4.90 Å². The first-order valence-corrected chi connectivity index (χ1v) is 6.75. The van der Waals surface area contributed by atoms with E-state index in [-0.39, 0.29) is 11.7 Å². The number of carbonyl (C=O) groups excluding carboxylic acids is 1. The van der Waals surface area contributed by atoms with E-state index in [1.165, 1.54) is 12.8 Å². The number of hydrogen-bond acceptors (Lipinski definition) is 2. The summed E-state index contributed by atoms with van der Waals surface area (Å²) in [6.07, 6.45) is 6.94. The summed E-state index contributed by atoms with van der Waals surface area (Å²) >= 11 is 0. The molecule has 16 heavy (non-hydrogen) atoms. The quantitative estimate of drug-likeness (QED) is 0.777. The first-order valence-electron chi connectivity index (χ1n) is 6.75. The number of nitrogens with one attached hydrogen (secondary N) is 1. The smallest absolute Gasteiger partial charge is 0.244 e. The van der Waals surface area contributed by atoms with Crippen LogP contribution in [0.4, 0.5) is 0 Å². The van der Waals surface area contributed by atoms with E-state index in [2.05, 4.69) is 31.0 Å². The molecule has 3 heteroatoms. The van der Waals surface area contributed by atoms with Crippen LogP contribution in [0.1, 0.15) is 59.3 Å². The van der Waals surface area contributed by atoms with Crippen molar-refractivity contribution in [3.63, 3.8) is 0 Å². The van der Waals surface area contributed by atoms with Crippen LogP contribution < -0.4 is 5.32 Å². The molecule has 1 aliphatic carbocycles. The van der Waals surface area contributed by atoms with E-state index >= 15 is 0 Å². The lowest BCUT2D eigenvalue weighted by Gasteiger charge is -2.29. The number of amides is 1. The minimum atomic E-state index is -0.138. The highest BCUT2D eigenvalue weighted by molar-refractivity contribution is 5.92. The van der Waals surface area contributed by atoms with E-state index in [4.69, 9.17) is 0 Å². The van der Waals surface area contributed by atoms with Gasteiger partial charge in [-0.2, -0.15) is 0 Å². The summed E-state index contributed by atoms with van der Waals surface area (Å²) in [5.41, 5.74) is -0.138. The predicted octanol–water partition coefficient (Wildman–Crippen LogP) is 2.27. The first kappa shape index (κ1) is 11.9. The molecule has 1 aliphatic heterocycles. The largest absolute Gasteiger partial charge is 0.323 e. The van der Waals surface area contributed by atoms with Gasteiger partial charge in [-0.25, -0.2) is 0 Å². The second-order valence-corrected chi connectivity index (χ2v) is 5.35. The van der Waals surface area contributed by atoms with Gasteiger partial charge in [0.15, 0.2) is 0 Å². The Morgan fingerprint density at radius 3 is 2.69 bits per heavy atom. The van der Waals surface area contributed by atoms with Gasteiger partial charge in [0, 0.05) is 6.04 Å². The molecule has 0 aromatic carbocycles. The standard InChI is InChI=1S/C13H24N2O/c1-4-6-7-10(3)15-11(5-2)14-13(8-9-13)12(15)16/h10-11,14H,4-9H2,1-3H3. The molecule has 1 heterocycles. The second-order valence-electron chi connectivity index (χ2n) is 5.35. The molecule has 2 atom stereocenters. The fourth-order valence-electron chi connectivity index (χ4n) is 2.77. The maximum atomic E-state index is 12.3. The van der Waals surface area contributed by atoms with E-state index in [0.29, 0.717) is 11.9 Å². The molecule has 2 rings (SSSR count). The van der Waals surface area contributed by atoms with Crippen molar-refractivity contribution >= 4 is 5.91 Å². The van der Waals surface area contributed by atoms with Gasteiger partial charge in [-0.15, -0.1) is 0 Å². The van der Waals surface area contributed by atoms with Crippen molar-refractivity contribution in [3.8, 4) is 0 Å². The normalized spacial score (nSPS) is 28.8. The maximum Gasteiger partial charge on any atom is 0.244 e. The molecule has 2 fully saturated rings. The SMILES string of the molecule is CCCCC(C)N1C(=O)C2(CC2)NC1CC. The van der Waals surface area contributed by atoms with Crippen LogP contribution in [0.2, 0.25) is 0 Å². The van der Waals surface area contributed by atoms with Crippen LogP contribution in [0.5, 0.6) is 0 Å². The van der Waals surface area contributed by atoms with Crippen molar-refractivity contribution in [2.75, 3.05) is 0 Å². The third-order valence-electron chi connectivity index (χ3n) is 4.01. The molecule has 1 saturated heterocycles. The monoisotopic (exact) mass is 224 g/mol. The summed E-state index contributed by atoms with van der Waals surface area (Å²) in [4.78, 5) is 14.4. The molecular weight excluding hydrogens is 200 g/mol.